The molecule has 1 N–H and O–H groups in total. The molecule has 0 radical (unpaired) electrons. The maximum absolute atomic E-state index is 12.2. The van der Waals surface area contributed by atoms with Gasteiger partial charge < -0.3 is 14.6 Å². The Labute approximate surface area is 148 Å². The lowest BCUT2D eigenvalue weighted by Crippen LogP contribution is -2.16. The second-order valence-corrected chi connectivity index (χ2v) is 7.12. The highest BCUT2D eigenvalue weighted by atomic mass is 32.2. The second kappa shape index (κ2) is 8.29. The maximum Gasteiger partial charge on any atom is 0.340 e. The largest absolute Gasteiger partial charge is 0.465 e. The molecular formula is C15H20N4O3S2. The number of nitrogens with one attached hydrogen (secondary N) is 1. The molecule has 24 heavy (non-hydrogen) atoms. The number of ether oxygens (including phenoxy) is 1. The van der Waals surface area contributed by atoms with Crippen molar-refractivity contribution in [3.8, 4) is 0 Å². The van der Waals surface area contributed by atoms with Crippen LogP contribution in [0.3, 0.4) is 0 Å². The van der Waals surface area contributed by atoms with Crippen LogP contribution < -0.4 is 5.32 Å². The summed E-state index contributed by atoms with van der Waals surface area (Å²) in [4.78, 5) is 24.9. The molecule has 0 aliphatic carbocycles. The molecule has 7 nitrogen and oxygen atoms in total. The number of anilines is 1. The Hall–Kier alpha value is -1.87. The molecule has 0 saturated carbocycles. The van der Waals surface area contributed by atoms with Crippen LogP contribution in [0.25, 0.3) is 0 Å². The number of aryl methyl sites for hydroxylation is 2. The van der Waals surface area contributed by atoms with Gasteiger partial charge in [0.25, 0.3) is 0 Å². The summed E-state index contributed by atoms with van der Waals surface area (Å²) < 4.78 is 6.73. The first-order valence-electron chi connectivity index (χ1n) is 7.53. The molecule has 2 rings (SSSR count). The third-order valence-corrected chi connectivity index (χ3v) is 5.20. The van der Waals surface area contributed by atoms with Crippen molar-refractivity contribution in [2.75, 3.05) is 18.2 Å². The van der Waals surface area contributed by atoms with Gasteiger partial charge in [0, 0.05) is 17.8 Å². The van der Waals surface area contributed by atoms with Gasteiger partial charge in [-0.3, -0.25) is 4.79 Å². The van der Waals surface area contributed by atoms with Gasteiger partial charge in [-0.2, -0.15) is 0 Å². The summed E-state index contributed by atoms with van der Waals surface area (Å²) in [6.45, 7) is 6.67. The SMILES string of the molecule is CCc1nnc(SCC(=O)Nc2sc(C)cc2C(=O)OC)n1CC. The lowest BCUT2D eigenvalue weighted by Gasteiger charge is -2.07. The number of methoxy groups -OCH3 is 1. The summed E-state index contributed by atoms with van der Waals surface area (Å²) in [7, 11) is 1.32. The molecule has 2 aromatic heterocycles. The summed E-state index contributed by atoms with van der Waals surface area (Å²) in [6.07, 6.45) is 0.796. The lowest BCUT2D eigenvalue weighted by molar-refractivity contribution is -0.113. The third-order valence-electron chi connectivity index (χ3n) is 3.27. The highest BCUT2D eigenvalue weighted by Gasteiger charge is 2.18. The number of nitrogens with zero attached hydrogens (tertiary/aromatic N) is 3. The molecule has 2 aromatic rings. The summed E-state index contributed by atoms with van der Waals surface area (Å²) in [6, 6.07) is 1.71. The number of hydrogen-bond donors (Lipinski definition) is 1. The van der Waals surface area contributed by atoms with Gasteiger partial charge in [0.2, 0.25) is 5.91 Å². The number of amides is 1. The Kier molecular flexibility index (Phi) is 6.38. The van der Waals surface area contributed by atoms with E-state index in [-0.39, 0.29) is 11.7 Å². The van der Waals surface area contributed by atoms with Gasteiger partial charge in [0.05, 0.1) is 18.4 Å². The molecule has 0 fully saturated rings. The molecule has 0 aromatic carbocycles. The predicted molar refractivity (Wildman–Crippen MR) is 94.8 cm³/mol. The number of rotatable bonds is 7. The zero-order chi connectivity index (χ0) is 17.7. The minimum atomic E-state index is -0.458. The van der Waals surface area contributed by atoms with E-state index in [1.54, 1.807) is 6.07 Å². The van der Waals surface area contributed by atoms with Crippen LogP contribution in [-0.4, -0.2) is 39.5 Å². The quantitative estimate of drug-likeness (QED) is 0.597. The Morgan fingerprint density at radius 3 is 2.75 bits per heavy atom. The average molecular weight is 368 g/mol. The number of carbonyl (C=O) groups excluding carboxylic acids is 2. The highest BCUT2D eigenvalue weighted by molar-refractivity contribution is 7.99. The van der Waals surface area contributed by atoms with Crippen molar-refractivity contribution in [3.05, 3.63) is 22.3 Å². The summed E-state index contributed by atoms with van der Waals surface area (Å²) in [5.74, 6) is 0.443. The standard InChI is InChI=1S/C15H20N4O3S2/c1-5-11-17-18-15(19(11)6-2)23-8-12(20)16-13-10(14(21)22-4)7-9(3)24-13/h7H,5-6,8H2,1-4H3,(H,16,20). The van der Waals surface area contributed by atoms with Crippen LogP contribution in [0.15, 0.2) is 11.2 Å². The van der Waals surface area contributed by atoms with E-state index < -0.39 is 5.97 Å². The minimum absolute atomic E-state index is 0.194. The smallest absolute Gasteiger partial charge is 0.340 e. The van der Waals surface area contributed by atoms with Gasteiger partial charge in [-0.1, -0.05) is 18.7 Å². The number of thiophene rings is 1. The fraction of sp³-hybridized carbons (Fsp3) is 0.467. The molecule has 0 atom stereocenters. The molecular weight excluding hydrogens is 348 g/mol. The molecule has 9 heteroatoms. The number of aromatic nitrogens is 3. The van der Waals surface area contributed by atoms with Crippen LogP contribution in [-0.2, 0) is 22.5 Å². The van der Waals surface area contributed by atoms with Crippen LogP contribution in [0.2, 0.25) is 0 Å². The van der Waals surface area contributed by atoms with Crippen LogP contribution >= 0.6 is 23.1 Å². The zero-order valence-electron chi connectivity index (χ0n) is 14.1. The topological polar surface area (TPSA) is 86.1 Å². The molecule has 0 saturated heterocycles. The summed E-state index contributed by atoms with van der Waals surface area (Å²) in [5, 5.41) is 12.3. The van der Waals surface area contributed by atoms with E-state index >= 15 is 0 Å². The first kappa shape index (κ1) is 18.5. The Bertz CT molecular complexity index is 739. The number of carbonyl (C=O) groups is 2. The fourth-order valence-electron chi connectivity index (χ4n) is 2.17. The molecule has 130 valence electrons. The number of hydrogen-bond acceptors (Lipinski definition) is 7. The fourth-order valence-corrected chi connectivity index (χ4v) is 3.90. The van der Waals surface area contributed by atoms with Gasteiger partial charge in [-0.25, -0.2) is 4.79 Å². The third kappa shape index (κ3) is 4.15. The van der Waals surface area contributed by atoms with Gasteiger partial charge in [0.1, 0.15) is 10.8 Å². The molecule has 1 amide bonds. The van der Waals surface area contributed by atoms with Gasteiger partial charge in [-0.15, -0.1) is 21.5 Å². The van der Waals surface area contributed by atoms with E-state index in [4.69, 9.17) is 4.74 Å². The monoisotopic (exact) mass is 368 g/mol. The Morgan fingerprint density at radius 1 is 1.38 bits per heavy atom. The van der Waals surface area contributed by atoms with Crippen molar-refractivity contribution in [1.82, 2.24) is 14.8 Å². The van der Waals surface area contributed by atoms with E-state index in [0.29, 0.717) is 10.6 Å². The van der Waals surface area contributed by atoms with E-state index in [0.717, 1.165) is 28.8 Å². The highest BCUT2D eigenvalue weighted by Crippen LogP contribution is 2.28. The minimum Gasteiger partial charge on any atom is -0.465 e. The van der Waals surface area contributed by atoms with E-state index in [1.807, 2.05) is 25.3 Å². The molecule has 0 spiro atoms. The molecule has 0 bridgehead atoms. The summed E-state index contributed by atoms with van der Waals surface area (Å²) in [5.41, 5.74) is 0.378. The molecule has 0 unspecified atom stereocenters. The molecule has 2 heterocycles. The van der Waals surface area contributed by atoms with Crippen LogP contribution in [0.1, 0.15) is 34.9 Å². The van der Waals surface area contributed by atoms with Crippen molar-refractivity contribution in [3.63, 3.8) is 0 Å². The average Bonchev–Trinajstić information content (AvgIpc) is 3.14. The molecule has 0 aliphatic rings. The van der Waals surface area contributed by atoms with Crippen molar-refractivity contribution in [2.45, 2.75) is 38.9 Å². The zero-order valence-corrected chi connectivity index (χ0v) is 15.7. The van der Waals surface area contributed by atoms with Crippen molar-refractivity contribution in [2.24, 2.45) is 0 Å². The van der Waals surface area contributed by atoms with Crippen molar-refractivity contribution < 1.29 is 14.3 Å². The normalized spacial score (nSPS) is 10.7. The number of esters is 1. The summed E-state index contributed by atoms with van der Waals surface area (Å²) >= 11 is 2.68. The Morgan fingerprint density at radius 2 is 2.12 bits per heavy atom. The van der Waals surface area contributed by atoms with Crippen LogP contribution in [0.4, 0.5) is 5.00 Å². The first-order chi connectivity index (χ1) is 11.5. The predicted octanol–water partition coefficient (Wildman–Crippen LogP) is 2.75. The van der Waals surface area contributed by atoms with Crippen molar-refractivity contribution >= 4 is 40.0 Å². The van der Waals surface area contributed by atoms with E-state index in [9.17, 15) is 9.59 Å². The van der Waals surface area contributed by atoms with Gasteiger partial charge in [0.15, 0.2) is 5.16 Å². The van der Waals surface area contributed by atoms with E-state index in [1.165, 1.54) is 30.2 Å². The van der Waals surface area contributed by atoms with Crippen LogP contribution in [0, 0.1) is 6.92 Å². The van der Waals surface area contributed by atoms with E-state index in [2.05, 4.69) is 15.5 Å². The van der Waals surface area contributed by atoms with Crippen molar-refractivity contribution in [1.29, 1.82) is 0 Å². The maximum atomic E-state index is 12.2. The van der Waals surface area contributed by atoms with Crippen LogP contribution in [0.5, 0.6) is 0 Å². The first-order valence-corrected chi connectivity index (χ1v) is 9.33. The number of thioether (sulfide) groups is 1. The Balaban J connectivity index is 2.02. The van der Waals surface area contributed by atoms with Gasteiger partial charge in [-0.05, 0) is 19.9 Å². The van der Waals surface area contributed by atoms with Gasteiger partial charge >= 0.3 is 5.97 Å². The second-order valence-electron chi connectivity index (χ2n) is 4.92. The molecule has 0 aliphatic heterocycles. The lowest BCUT2D eigenvalue weighted by atomic mass is 10.3.